The number of benzene rings is 3. The van der Waals surface area contributed by atoms with Crippen molar-refractivity contribution in [2.75, 3.05) is 25.1 Å². The third kappa shape index (κ3) is 8.36. The second-order valence-corrected chi connectivity index (χ2v) is 13.5. The van der Waals surface area contributed by atoms with Gasteiger partial charge in [0.1, 0.15) is 24.1 Å². The predicted molar refractivity (Wildman–Crippen MR) is 176 cm³/mol. The number of anilines is 1. The van der Waals surface area contributed by atoms with E-state index < -0.39 is 28.5 Å². The number of aryl methyl sites for hydroxylation is 2. The van der Waals surface area contributed by atoms with Gasteiger partial charge < -0.3 is 19.7 Å². The fourth-order valence-electron chi connectivity index (χ4n) is 5.78. The molecule has 1 aliphatic carbocycles. The van der Waals surface area contributed by atoms with Crippen molar-refractivity contribution in [1.29, 1.82) is 0 Å². The summed E-state index contributed by atoms with van der Waals surface area (Å²) in [5.74, 6) is 0.183. The second-order valence-electron chi connectivity index (χ2n) is 11.6. The summed E-state index contributed by atoms with van der Waals surface area (Å²) in [5, 5.41) is 3.18. The lowest BCUT2D eigenvalue weighted by Gasteiger charge is -2.34. The van der Waals surface area contributed by atoms with Gasteiger partial charge in [-0.2, -0.15) is 0 Å². The van der Waals surface area contributed by atoms with Crippen molar-refractivity contribution in [3.63, 3.8) is 0 Å². The van der Waals surface area contributed by atoms with Gasteiger partial charge in [-0.25, -0.2) is 8.42 Å². The number of rotatable bonds is 13. The second kappa shape index (κ2) is 15.3. The van der Waals surface area contributed by atoms with Crippen molar-refractivity contribution in [2.24, 2.45) is 0 Å². The highest BCUT2D eigenvalue weighted by atomic mass is 32.2. The first-order chi connectivity index (χ1) is 21.6. The number of hydrogen-bond donors (Lipinski definition) is 1. The number of nitrogens with one attached hydrogen (secondary N) is 1. The van der Waals surface area contributed by atoms with E-state index >= 15 is 0 Å². The molecule has 3 aromatic rings. The molecule has 0 bridgehead atoms. The van der Waals surface area contributed by atoms with Crippen LogP contribution in [0.3, 0.4) is 0 Å². The highest BCUT2D eigenvalue weighted by Crippen LogP contribution is 2.34. The molecule has 45 heavy (non-hydrogen) atoms. The van der Waals surface area contributed by atoms with Crippen LogP contribution in [0.25, 0.3) is 0 Å². The van der Waals surface area contributed by atoms with Crippen LogP contribution >= 0.6 is 0 Å². The maximum atomic E-state index is 14.5. The van der Waals surface area contributed by atoms with Crippen LogP contribution in [0.5, 0.6) is 11.5 Å². The van der Waals surface area contributed by atoms with E-state index in [1.165, 1.54) is 24.1 Å². The summed E-state index contributed by atoms with van der Waals surface area (Å²) < 4.78 is 40.6. The van der Waals surface area contributed by atoms with E-state index in [-0.39, 0.29) is 29.1 Å². The predicted octanol–water partition coefficient (Wildman–Crippen LogP) is 5.77. The molecule has 0 radical (unpaired) electrons. The Bertz CT molecular complexity index is 1570. The van der Waals surface area contributed by atoms with Gasteiger partial charge in [0.05, 0.1) is 24.8 Å². The first-order valence-electron chi connectivity index (χ1n) is 15.5. The van der Waals surface area contributed by atoms with Crippen LogP contribution in [-0.4, -0.2) is 58.0 Å². The van der Waals surface area contributed by atoms with Gasteiger partial charge in [0.2, 0.25) is 11.8 Å². The highest BCUT2D eigenvalue weighted by Gasteiger charge is 2.35. The first-order valence-corrected chi connectivity index (χ1v) is 17.0. The van der Waals surface area contributed by atoms with Crippen LogP contribution in [0, 0.1) is 13.8 Å². The van der Waals surface area contributed by atoms with Crippen molar-refractivity contribution in [3.8, 4) is 11.5 Å². The van der Waals surface area contributed by atoms with Gasteiger partial charge in [-0.15, -0.1) is 0 Å². The molecule has 0 spiro atoms. The number of ether oxygens (including phenoxy) is 2. The summed E-state index contributed by atoms with van der Waals surface area (Å²) in [5.41, 5.74) is 2.71. The summed E-state index contributed by atoms with van der Waals surface area (Å²) in [4.78, 5) is 29.8. The third-order valence-electron chi connectivity index (χ3n) is 8.32. The third-order valence-corrected chi connectivity index (χ3v) is 10.1. The van der Waals surface area contributed by atoms with Gasteiger partial charge in [-0.1, -0.05) is 62.1 Å². The van der Waals surface area contributed by atoms with Crippen molar-refractivity contribution in [1.82, 2.24) is 10.2 Å². The standard InChI is InChI=1S/C35H45N3O6S/c1-6-31(35(40)36-28-12-8-7-9-13-28)37(23-27-11-10-14-29(22-27)43-4)34(39)24-38(32-21-26(3)17-20-33(32)44-5)45(41,42)30-18-15-25(2)16-19-30/h10-11,14-22,28,31H,6-9,12-13,23-24H2,1-5H3,(H,36,40)/t31-/m0/s1. The molecule has 0 aromatic heterocycles. The van der Waals surface area contributed by atoms with Crippen molar-refractivity contribution >= 4 is 27.5 Å². The van der Waals surface area contributed by atoms with Crippen molar-refractivity contribution in [3.05, 3.63) is 83.4 Å². The van der Waals surface area contributed by atoms with Crippen molar-refractivity contribution in [2.45, 2.75) is 82.8 Å². The van der Waals surface area contributed by atoms with Crippen LogP contribution in [0.1, 0.15) is 62.1 Å². The Kier molecular flexibility index (Phi) is 11.5. The van der Waals surface area contributed by atoms with Gasteiger partial charge in [0.25, 0.3) is 10.0 Å². The van der Waals surface area contributed by atoms with E-state index in [1.807, 2.05) is 51.1 Å². The lowest BCUT2D eigenvalue weighted by molar-refractivity contribution is -0.140. The van der Waals surface area contributed by atoms with E-state index in [4.69, 9.17) is 9.47 Å². The fraction of sp³-hybridized carbons (Fsp3) is 0.429. The molecule has 0 aliphatic heterocycles. The summed E-state index contributed by atoms with van der Waals surface area (Å²) in [6.07, 6.45) is 5.42. The maximum absolute atomic E-state index is 14.5. The molecule has 0 unspecified atom stereocenters. The largest absolute Gasteiger partial charge is 0.497 e. The molecular formula is C35H45N3O6S. The molecule has 1 saturated carbocycles. The smallest absolute Gasteiger partial charge is 0.264 e. The zero-order valence-corrected chi connectivity index (χ0v) is 27.7. The number of nitrogens with zero attached hydrogens (tertiary/aromatic N) is 2. The van der Waals surface area contributed by atoms with Gasteiger partial charge in [0.15, 0.2) is 0 Å². The molecule has 0 saturated heterocycles. The van der Waals surface area contributed by atoms with E-state index in [0.717, 1.165) is 53.1 Å². The van der Waals surface area contributed by atoms with Crippen molar-refractivity contribution < 1.29 is 27.5 Å². The Balaban J connectivity index is 1.77. The number of hydrogen-bond acceptors (Lipinski definition) is 6. The average molecular weight is 636 g/mol. The molecular weight excluding hydrogens is 590 g/mol. The average Bonchev–Trinajstić information content (AvgIpc) is 3.04. The molecule has 0 heterocycles. The summed E-state index contributed by atoms with van der Waals surface area (Å²) in [7, 11) is -1.19. The van der Waals surface area contributed by atoms with E-state index in [1.54, 1.807) is 31.4 Å². The van der Waals surface area contributed by atoms with Crippen LogP contribution in [0.4, 0.5) is 5.69 Å². The molecule has 4 rings (SSSR count). The zero-order valence-electron chi connectivity index (χ0n) is 26.9. The number of carbonyl (C=O) groups excluding carboxylic acids is 2. The Morgan fingerprint density at radius 2 is 1.60 bits per heavy atom. The Morgan fingerprint density at radius 3 is 2.24 bits per heavy atom. The molecule has 1 aliphatic rings. The molecule has 242 valence electrons. The minimum absolute atomic E-state index is 0.0471. The summed E-state index contributed by atoms with van der Waals surface area (Å²) in [6.45, 7) is 5.14. The van der Waals surface area contributed by atoms with E-state index in [2.05, 4.69) is 5.32 Å². The van der Waals surface area contributed by atoms with Crippen LogP contribution in [-0.2, 0) is 26.2 Å². The van der Waals surface area contributed by atoms with Gasteiger partial charge in [-0.05, 0) is 80.6 Å². The molecule has 1 atom stereocenters. The summed E-state index contributed by atoms with van der Waals surface area (Å²) >= 11 is 0. The molecule has 3 aromatic carbocycles. The van der Waals surface area contributed by atoms with Crippen LogP contribution < -0.4 is 19.1 Å². The first kappa shape index (κ1) is 33.8. The Morgan fingerprint density at radius 1 is 0.911 bits per heavy atom. The van der Waals surface area contributed by atoms with E-state index in [9.17, 15) is 18.0 Å². The molecule has 1 fully saturated rings. The fourth-order valence-corrected chi connectivity index (χ4v) is 7.19. The minimum Gasteiger partial charge on any atom is -0.497 e. The number of amides is 2. The molecule has 10 heteroatoms. The van der Waals surface area contributed by atoms with E-state index in [0.29, 0.717) is 17.9 Å². The zero-order chi connectivity index (χ0) is 32.6. The monoisotopic (exact) mass is 635 g/mol. The highest BCUT2D eigenvalue weighted by molar-refractivity contribution is 7.92. The SMILES string of the molecule is CC[C@@H](C(=O)NC1CCCCC1)N(Cc1cccc(OC)c1)C(=O)CN(c1cc(C)ccc1OC)S(=O)(=O)c1ccc(C)cc1. The van der Waals surface area contributed by atoms with Gasteiger partial charge in [0, 0.05) is 12.6 Å². The quantitative estimate of drug-likeness (QED) is 0.256. The molecule has 2 amide bonds. The maximum Gasteiger partial charge on any atom is 0.264 e. The van der Waals surface area contributed by atoms with Crippen LogP contribution in [0.15, 0.2) is 71.6 Å². The van der Waals surface area contributed by atoms with Gasteiger partial charge in [-0.3, -0.25) is 13.9 Å². The Labute approximate surface area is 267 Å². The van der Waals surface area contributed by atoms with Crippen LogP contribution in [0.2, 0.25) is 0 Å². The summed E-state index contributed by atoms with van der Waals surface area (Å²) in [6, 6.07) is 18.3. The molecule has 1 N–H and O–H groups in total. The normalized spacial score (nSPS) is 14.3. The lowest BCUT2D eigenvalue weighted by Crippen LogP contribution is -2.54. The van der Waals surface area contributed by atoms with Gasteiger partial charge >= 0.3 is 0 Å². The molecule has 9 nitrogen and oxygen atoms in total. The number of methoxy groups -OCH3 is 2. The topological polar surface area (TPSA) is 105 Å². The number of sulfonamides is 1. The number of carbonyl (C=O) groups is 2. The minimum atomic E-state index is -4.22. The Hall–Kier alpha value is -4.05. The lowest BCUT2D eigenvalue weighted by atomic mass is 9.95.